The lowest BCUT2D eigenvalue weighted by Crippen LogP contribution is -2.43. The van der Waals surface area contributed by atoms with E-state index in [4.69, 9.17) is 33.2 Å². The minimum absolute atomic E-state index is 0.0313. The van der Waals surface area contributed by atoms with Gasteiger partial charge in [0, 0.05) is 32.6 Å². The second-order valence-electron chi connectivity index (χ2n) is 13.1. The lowest BCUT2D eigenvalue weighted by atomic mass is 9.92. The highest BCUT2D eigenvalue weighted by molar-refractivity contribution is 5.70. The first-order valence-electron chi connectivity index (χ1n) is 19.7. The van der Waals surface area contributed by atoms with Gasteiger partial charge in [0.05, 0.1) is 19.6 Å². The van der Waals surface area contributed by atoms with E-state index in [0.29, 0.717) is 45.4 Å². The summed E-state index contributed by atoms with van der Waals surface area (Å²) in [6.07, 6.45) is 17.3. The monoisotopic (exact) mass is 771 g/mol. The first kappa shape index (κ1) is 50.5. The zero-order chi connectivity index (χ0) is 40.0. The molecule has 54 heavy (non-hydrogen) atoms. The van der Waals surface area contributed by atoms with Crippen molar-refractivity contribution in [3.05, 3.63) is 24.3 Å². The van der Waals surface area contributed by atoms with Crippen molar-refractivity contribution in [2.45, 2.75) is 123 Å². The van der Waals surface area contributed by atoms with E-state index in [1.54, 1.807) is 0 Å². The molecule has 0 bridgehead atoms. The standard InChI is InChI=1S/C40H69NO13/c1-5-8-10-12-14-19-27-49-38(50-28-20-15-13-11-9-6-2)24-23-37(45)53-32-40(30-48-35-43,31-52-36(44)22-17-16-18-26-47-34-42)33-54-39(46)51-29-21-25-41(4)7-3/h8-11,34-35,38H,5-7,12-33H2,1-4H3/b10-8-,11-9-. The third kappa shape index (κ3) is 30.9. The molecule has 0 aliphatic heterocycles. The van der Waals surface area contributed by atoms with Crippen LogP contribution in [0.3, 0.4) is 0 Å². The Morgan fingerprint density at radius 2 is 1.17 bits per heavy atom. The highest BCUT2D eigenvalue weighted by Gasteiger charge is 2.37. The Bertz CT molecular complexity index is 998. The first-order chi connectivity index (χ1) is 26.2. The van der Waals surface area contributed by atoms with E-state index in [-0.39, 0.29) is 58.8 Å². The summed E-state index contributed by atoms with van der Waals surface area (Å²) in [5, 5.41) is 0. The topological polar surface area (TPSA) is 162 Å². The van der Waals surface area contributed by atoms with Gasteiger partial charge in [0.25, 0.3) is 12.9 Å². The molecule has 0 aromatic carbocycles. The fraction of sp³-hybridized carbons (Fsp3) is 0.775. The Balaban J connectivity index is 5.45. The van der Waals surface area contributed by atoms with Crippen LogP contribution >= 0.6 is 0 Å². The molecule has 0 aromatic heterocycles. The van der Waals surface area contributed by atoms with Gasteiger partial charge in [0.15, 0.2) is 6.29 Å². The maximum atomic E-state index is 13.1. The molecule has 14 nitrogen and oxygen atoms in total. The number of hydrogen-bond donors (Lipinski definition) is 0. The number of unbranched alkanes of at least 4 members (excludes halogenated alkanes) is 6. The second-order valence-corrected chi connectivity index (χ2v) is 13.1. The predicted octanol–water partition coefficient (Wildman–Crippen LogP) is 6.87. The highest BCUT2D eigenvalue weighted by atomic mass is 16.7. The van der Waals surface area contributed by atoms with E-state index in [9.17, 15) is 24.0 Å². The molecule has 0 heterocycles. The van der Waals surface area contributed by atoms with Crippen molar-refractivity contribution >= 4 is 31.0 Å². The smallest absolute Gasteiger partial charge is 0.468 e. The van der Waals surface area contributed by atoms with Crippen LogP contribution in [0.1, 0.15) is 117 Å². The molecule has 0 aliphatic rings. The number of carbonyl (C=O) groups is 5. The average Bonchev–Trinajstić information content (AvgIpc) is 3.18. The van der Waals surface area contributed by atoms with Crippen LogP contribution < -0.4 is 0 Å². The number of ether oxygens (including phenoxy) is 8. The molecule has 1 atom stereocenters. The molecule has 0 radical (unpaired) electrons. The quantitative estimate of drug-likeness (QED) is 0.0160. The Hall–Kier alpha value is -3.49. The summed E-state index contributed by atoms with van der Waals surface area (Å²) in [5.74, 6) is -1.13. The Morgan fingerprint density at radius 3 is 1.74 bits per heavy atom. The highest BCUT2D eigenvalue weighted by Crippen LogP contribution is 2.22. The summed E-state index contributed by atoms with van der Waals surface area (Å²) in [6.45, 7) is 8.19. The van der Waals surface area contributed by atoms with Crippen LogP contribution in [0, 0.1) is 5.41 Å². The molecular formula is C40H69NO13. The SMILES string of the molecule is CC/C=C\CCCCOC(CCC(=O)OCC(COC=O)(COC(=O)CCCCCOC=O)COC(=O)OCCCN(C)CC)OCCCC/C=C\CC. The lowest BCUT2D eigenvalue weighted by molar-refractivity contribution is -0.168. The minimum Gasteiger partial charge on any atom is -0.468 e. The van der Waals surface area contributed by atoms with Gasteiger partial charge in [-0.2, -0.15) is 0 Å². The van der Waals surface area contributed by atoms with Crippen molar-refractivity contribution in [1.29, 1.82) is 0 Å². The van der Waals surface area contributed by atoms with Crippen LogP contribution in [-0.2, 0) is 57.1 Å². The van der Waals surface area contributed by atoms with E-state index >= 15 is 0 Å². The van der Waals surface area contributed by atoms with Gasteiger partial charge in [-0.15, -0.1) is 0 Å². The summed E-state index contributed by atoms with van der Waals surface area (Å²) in [6, 6.07) is 0. The summed E-state index contributed by atoms with van der Waals surface area (Å²) in [4.78, 5) is 61.8. The zero-order valence-electron chi connectivity index (χ0n) is 33.5. The van der Waals surface area contributed by atoms with Crippen LogP contribution in [0.5, 0.6) is 0 Å². The molecule has 0 amide bonds. The summed E-state index contributed by atoms with van der Waals surface area (Å²) < 4.78 is 43.4. The predicted molar refractivity (Wildman–Crippen MR) is 203 cm³/mol. The Morgan fingerprint density at radius 1 is 0.593 bits per heavy atom. The molecule has 0 rings (SSSR count). The van der Waals surface area contributed by atoms with Gasteiger partial charge < -0.3 is 42.8 Å². The molecule has 0 saturated heterocycles. The number of carbonyl (C=O) groups excluding carboxylic acids is 5. The van der Waals surface area contributed by atoms with Crippen LogP contribution in [-0.4, -0.2) is 115 Å². The Labute approximate surface area is 323 Å². The number of hydrogen-bond acceptors (Lipinski definition) is 14. The normalized spacial score (nSPS) is 12.6. The van der Waals surface area contributed by atoms with Gasteiger partial charge in [-0.1, -0.05) is 45.1 Å². The van der Waals surface area contributed by atoms with E-state index in [1.807, 2.05) is 14.0 Å². The van der Waals surface area contributed by atoms with Crippen LogP contribution in [0.2, 0.25) is 0 Å². The molecule has 0 fully saturated rings. The van der Waals surface area contributed by atoms with Gasteiger partial charge in [-0.25, -0.2) is 4.79 Å². The maximum Gasteiger partial charge on any atom is 0.508 e. The third-order valence-electron chi connectivity index (χ3n) is 8.21. The minimum atomic E-state index is -1.41. The molecule has 0 spiro atoms. The summed E-state index contributed by atoms with van der Waals surface area (Å²) in [5.41, 5.74) is -1.41. The van der Waals surface area contributed by atoms with E-state index in [1.165, 1.54) is 0 Å². The maximum absolute atomic E-state index is 13.1. The average molecular weight is 772 g/mol. The molecule has 0 N–H and O–H groups in total. The summed E-state index contributed by atoms with van der Waals surface area (Å²) in [7, 11) is 1.95. The molecular weight excluding hydrogens is 702 g/mol. The van der Waals surface area contributed by atoms with E-state index in [0.717, 1.165) is 64.5 Å². The molecule has 312 valence electrons. The van der Waals surface area contributed by atoms with Crippen LogP contribution in [0.15, 0.2) is 24.3 Å². The fourth-order valence-corrected chi connectivity index (χ4v) is 4.83. The van der Waals surface area contributed by atoms with Crippen molar-refractivity contribution in [1.82, 2.24) is 4.90 Å². The molecule has 0 aliphatic carbocycles. The fourth-order valence-electron chi connectivity index (χ4n) is 4.83. The van der Waals surface area contributed by atoms with Crippen molar-refractivity contribution in [2.75, 3.05) is 73.0 Å². The molecule has 0 saturated carbocycles. The molecule has 14 heteroatoms. The number of allylic oxidation sites excluding steroid dienone is 4. The Kier molecular flexibility index (Phi) is 34.1. The third-order valence-corrected chi connectivity index (χ3v) is 8.21. The van der Waals surface area contributed by atoms with Gasteiger partial charge >= 0.3 is 18.1 Å². The lowest BCUT2D eigenvalue weighted by Gasteiger charge is -2.31. The van der Waals surface area contributed by atoms with Crippen molar-refractivity contribution < 1.29 is 61.9 Å². The van der Waals surface area contributed by atoms with E-state index < -0.39 is 36.4 Å². The van der Waals surface area contributed by atoms with Crippen LogP contribution in [0.25, 0.3) is 0 Å². The van der Waals surface area contributed by atoms with Crippen LogP contribution in [0.4, 0.5) is 4.79 Å². The van der Waals surface area contributed by atoms with Gasteiger partial charge in [-0.3, -0.25) is 19.2 Å². The van der Waals surface area contributed by atoms with Gasteiger partial charge in [0.2, 0.25) is 0 Å². The van der Waals surface area contributed by atoms with E-state index in [2.05, 4.69) is 47.8 Å². The van der Waals surface area contributed by atoms with Gasteiger partial charge in [0.1, 0.15) is 31.8 Å². The molecule has 0 aromatic rings. The number of esters is 2. The second kappa shape index (κ2) is 36.5. The number of rotatable bonds is 38. The van der Waals surface area contributed by atoms with Crippen molar-refractivity contribution in [3.63, 3.8) is 0 Å². The zero-order valence-corrected chi connectivity index (χ0v) is 33.5. The first-order valence-corrected chi connectivity index (χ1v) is 19.7. The molecule has 1 unspecified atom stereocenters. The number of nitrogens with zero attached hydrogens (tertiary/aromatic N) is 1. The van der Waals surface area contributed by atoms with Gasteiger partial charge in [-0.05, 0) is 90.6 Å². The largest absolute Gasteiger partial charge is 0.508 e. The van der Waals surface area contributed by atoms with Crippen molar-refractivity contribution in [3.8, 4) is 0 Å². The van der Waals surface area contributed by atoms with Crippen molar-refractivity contribution in [2.24, 2.45) is 5.41 Å². The summed E-state index contributed by atoms with van der Waals surface area (Å²) >= 11 is 0.